The number of fused-ring (bicyclic) bond motifs is 1. The number of rotatable bonds is 6. The van der Waals surface area contributed by atoms with Gasteiger partial charge in [-0.25, -0.2) is 5.06 Å². The summed E-state index contributed by atoms with van der Waals surface area (Å²) < 4.78 is 15.6. The van der Waals surface area contributed by atoms with Gasteiger partial charge in [-0.05, 0) is 26.8 Å². The molecule has 1 unspecified atom stereocenters. The molecule has 0 radical (unpaired) electrons. The van der Waals surface area contributed by atoms with Gasteiger partial charge in [0.05, 0.1) is 31.9 Å². The second kappa shape index (κ2) is 7.09. The van der Waals surface area contributed by atoms with Crippen molar-refractivity contribution in [3.8, 4) is 11.5 Å². The molecule has 1 atom stereocenters. The average Bonchev–Trinajstić information content (AvgIpc) is 2.57. The minimum absolute atomic E-state index is 0.167. The van der Waals surface area contributed by atoms with Crippen molar-refractivity contribution in [3.63, 3.8) is 0 Å². The molecule has 1 aromatic rings. The highest BCUT2D eigenvalue weighted by atomic mass is 16.5. The van der Waals surface area contributed by atoms with Crippen molar-refractivity contribution in [2.45, 2.75) is 39.3 Å². The lowest BCUT2D eigenvalue weighted by Crippen LogP contribution is -2.51. The number of nitrogens with zero attached hydrogens (tertiary/aromatic N) is 2. The monoisotopic (exact) mass is 336 g/mol. The van der Waals surface area contributed by atoms with E-state index in [0.29, 0.717) is 35.6 Å². The largest absolute Gasteiger partial charge is 0.493 e. The number of hydrogen-bond donors (Lipinski definition) is 1. The Kier molecular flexibility index (Phi) is 5.33. The standard InChI is InChI=1S/C17H24N2O5/c1-6-24-16(20)7-8-17(3)18-13-10-15(23-5)14(22-4)9-12(13)11(2)19(17)21/h9-10,21H,6-8H2,1-5H3. The molecule has 0 aliphatic carbocycles. The van der Waals surface area contributed by atoms with E-state index < -0.39 is 5.66 Å². The van der Waals surface area contributed by atoms with Crippen molar-refractivity contribution in [2.24, 2.45) is 4.99 Å². The van der Waals surface area contributed by atoms with Crippen molar-refractivity contribution >= 4 is 11.7 Å². The Balaban J connectivity index is 2.46. The minimum Gasteiger partial charge on any atom is -0.493 e. The molecule has 1 N–H and O–H groups in total. The number of benzene rings is 1. The maximum atomic E-state index is 11.6. The van der Waals surface area contributed by atoms with Crippen LogP contribution in [-0.2, 0) is 9.53 Å². The van der Waals surface area contributed by atoms with Gasteiger partial charge in [0.25, 0.3) is 0 Å². The molecule has 0 bridgehead atoms. The van der Waals surface area contributed by atoms with Gasteiger partial charge in [0.15, 0.2) is 17.2 Å². The number of hydrogen-bond acceptors (Lipinski definition) is 7. The molecule has 1 heterocycles. The van der Waals surface area contributed by atoms with Gasteiger partial charge in [0.1, 0.15) is 0 Å². The van der Waals surface area contributed by atoms with E-state index in [1.54, 1.807) is 47.1 Å². The Labute approximate surface area is 141 Å². The molecule has 1 aromatic carbocycles. The van der Waals surface area contributed by atoms with Crippen LogP contribution in [0.3, 0.4) is 0 Å². The van der Waals surface area contributed by atoms with Crippen LogP contribution < -0.4 is 20.0 Å². The van der Waals surface area contributed by atoms with Crippen LogP contribution in [0.2, 0.25) is 0 Å². The minimum atomic E-state index is -0.955. The second-order valence-electron chi connectivity index (χ2n) is 5.76. The number of methoxy groups -OCH3 is 2. The summed E-state index contributed by atoms with van der Waals surface area (Å²) in [4.78, 5) is 16.3. The fraction of sp³-hybridized carbons (Fsp3) is 0.529. The molecule has 0 spiro atoms. The molecule has 7 heteroatoms. The molecular formula is C17H24N2O5. The summed E-state index contributed by atoms with van der Waals surface area (Å²) in [6.45, 7) is 5.66. The van der Waals surface area contributed by atoms with E-state index in [4.69, 9.17) is 14.2 Å². The first-order valence-electron chi connectivity index (χ1n) is 7.84. The lowest BCUT2D eigenvalue weighted by Gasteiger charge is -2.37. The quantitative estimate of drug-likeness (QED) is 0.787. The highest BCUT2D eigenvalue weighted by Gasteiger charge is 2.34. The van der Waals surface area contributed by atoms with Crippen molar-refractivity contribution in [1.29, 1.82) is 0 Å². The Bertz CT molecular complexity index is 746. The third kappa shape index (κ3) is 3.31. The van der Waals surface area contributed by atoms with Gasteiger partial charge in [0.2, 0.25) is 0 Å². The summed E-state index contributed by atoms with van der Waals surface area (Å²) in [5.41, 5.74) is -0.323. The summed E-state index contributed by atoms with van der Waals surface area (Å²) in [7, 11) is 3.11. The third-order valence-corrected chi connectivity index (χ3v) is 4.14. The van der Waals surface area contributed by atoms with Gasteiger partial charge in [-0.15, -0.1) is 0 Å². The molecule has 0 fully saturated rings. The first kappa shape index (κ1) is 18.1. The van der Waals surface area contributed by atoms with Gasteiger partial charge in [0, 0.05) is 24.1 Å². The molecule has 0 amide bonds. The Hall–Kier alpha value is -2.28. The van der Waals surface area contributed by atoms with E-state index in [0.717, 1.165) is 10.3 Å². The fourth-order valence-electron chi connectivity index (χ4n) is 2.77. The normalized spacial score (nSPS) is 19.4. The first-order chi connectivity index (χ1) is 11.4. The molecule has 24 heavy (non-hydrogen) atoms. The van der Waals surface area contributed by atoms with E-state index in [1.807, 2.05) is 0 Å². The number of esters is 1. The van der Waals surface area contributed by atoms with Crippen molar-refractivity contribution < 1.29 is 24.2 Å². The highest BCUT2D eigenvalue weighted by molar-refractivity contribution is 5.69. The smallest absolute Gasteiger partial charge is 0.305 e. The Morgan fingerprint density at radius 2 is 1.92 bits per heavy atom. The number of carbonyl (C=O) groups excluding carboxylic acids is 1. The zero-order valence-electron chi connectivity index (χ0n) is 14.8. The Morgan fingerprint density at radius 3 is 2.50 bits per heavy atom. The molecule has 0 saturated carbocycles. The van der Waals surface area contributed by atoms with Gasteiger partial charge < -0.3 is 14.2 Å². The molecule has 2 rings (SSSR count). The maximum absolute atomic E-state index is 11.6. The average molecular weight is 336 g/mol. The van der Waals surface area contributed by atoms with E-state index in [2.05, 4.69) is 4.99 Å². The number of ether oxygens (including phenoxy) is 3. The lowest BCUT2D eigenvalue weighted by molar-refractivity contribution is -0.147. The summed E-state index contributed by atoms with van der Waals surface area (Å²) in [6.07, 6.45) is 0.494. The van der Waals surface area contributed by atoms with Crippen LogP contribution in [0.5, 0.6) is 11.5 Å². The predicted molar refractivity (Wildman–Crippen MR) is 87.3 cm³/mol. The van der Waals surface area contributed by atoms with E-state index in [1.165, 1.54) is 0 Å². The van der Waals surface area contributed by atoms with Crippen LogP contribution in [0.15, 0.2) is 17.1 Å². The maximum Gasteiger partial charge on any atom is 0.305 e. The zero-order chi connectivity index (χ0) is 17.9. The summed E-state index contributed by atoms with van der Waals surface area (Å²) in [5.74, 6) is 0.819. The molecule has 1 aliphatic rings. The van der Waals surface area contributed by atoms with Crippen LogP contribution >= 0.6 is 0 Å². The highest BCUT2D eigenvalue weighted by Crippen LogP contribution is 2.28. The fourth-order valence-corrected chi connectivity index (χ4v) is 2.77. The second-order valence-corrected chi connectivity index (χ2v) is 5.76. The Morgan fingerprint density at radius 1 is 1.29 bits per heavy atom. The lowest BCUT2D eigenvalue weighted by atomic mass is 10.0. The van der Waals surface area contributed by atoms with E-state index in [-0.39, 0.29) is 12.4 Å². The van der Waals surface area contributed by atoms with Crippen LogP contribution in [0.25, 0.3) is 5.70 Å². The van der Waals surface area contributed by atoms with Crippen LogP contribution in [0.1, 0.15) is 33.6 Å². The van der Waals surface area contributed by atoms with Crippen LogP contribution in [0, 0.1) is 0 Å². The van der Waals surface area contributed by atoms with Crippen LogP contribution in [0.4, 0.5) is 0 Å². The molecule has 7 nitrogen and oxygen atoms in total. The summed E-state index contributed by atoms with van der Waals surface area (Å²) in [5, 5.41) is 13.1. The summed E-state index contributed by atoms with van der Waals surface area (Å²) in [6, 6.07) is 3.55. The topological polar surface area (TPSA) is 80.6 Å². The first-order valence-corrected chi connectivity index (χ1v) is 7.84. The van der Waals surface area contributed by atoms with Crippen molar-refractivity contribution in [3.05, 3.63) is 22.7 Å². The number of hydroxylamine groups is 2. The predicted octanol–water partition coefficient (Wildman–Crippen LogP) is 1.22. The van der Waals surface area contributed by atoms with Crippen LogP contribution in [-0.4, -0.2) is 42.7 Å². The third-order valence-electron chi connectivity index (χ3n) is 4.14. The van der Waals surface area contributed by atoms with Gasteiger partial charge in [-0.2, -0.15) is 0 Å². The van der Waals surface area contributed by atoms with Gasteiger partial charge in [-0.1, -0.05) is 0 Å². The number of carbonyl (C=O) groups is 1. The molecular weight excluding hydrogens is 312 g/mol. The molecule has 1 aliphatic heterocycles. The van der Waals surface area contributed by atoms with Crippen molar-refractivity contribution in [1.82, 2.24) is 5.06 Å². The van der Waals surface area contributed by atoms with Gasteiger partial charge in [-0.3, -0.25) is 15.0 Å². The molecule has 132 valence electrons. The molecule has 0 saturated heterocycles. The van der Waals surface area contributed by atoms with Gasteiger partial charge >= 0.3 is 5.97 Å². The molecule has 0 aromatic heterocycles. The van der Waals surface area contributed by atoms with E-state index in [9.17, 15) is 10.0 Å². The SMILES string of the molecule is CCOC(=O)CCC1(C)N=c2cc(OC)c(OC)cc2=C(C)N1O. The summed E-state index contributed by atoms with van der Waals surface area (Å²) >= 11 is 0. The van der Waals surface area contributed by atoms with E-state index >= 15 is 0 Å². The zero-order valence-corrected chi connectivity index (χ0v) is 14.8. The van der Waals surface area contributed by atoms with Crippen molar-refractivity contribution in [2.75, 3.05) is 20.8 Å².